The number of likely N-dealkylation sites (tertiary alicyclic amines) is 2. The zero-order chi connectivity index (χ0) is 38.5. The molecule has 5 aromatic rings. The van der Waals surface area contributed by atoms with E-state index in [0.29, 0.717) is 72.4 Å². The second kappa shape index (κ2) is 16.5. The maximum Gasteiger partial charge on any atom is 0.411 e. The Balaban J connectivity index is 1.25. The van der Waals surface area contributed by atoms with Crippen molar-refractivity contribution in [2.45, 2.75) is 43.3 Å². The molecule has 15 nitrogen and oxygen atoms in total. The first-order valence-electron chi connectivity index (χ1n) is 17.7. The normalized spacial score (nSPS) is 19.3. The molecule has 0 radical (unpaired) electrons. The van der Waals surface area contributed by atoms with Crippen LogP contribution in [-0.2, 0) is 9.53 Å². The number of rotatable bonds is 9. The van der Waals surface area contributed by atoms with Crippen molar-refractivity contribution in [3.63, 3.8) is 0 Å². The zero-order valence-corrected chi connectivity index (χ0v) is 30.4. The van der Waals surface area contributed by atoms with Crippen LogP contribution in [0.4, 0.5) is 19.7 Å². The van der Waals surface area contributed by atoms with Crippen molar-refractivity contribution in [1.29, 1.82) is 0 Å². The smallest absolute Gasteiger partial charge is 0.411 e. The van der Waals surface area contributed by atoms with Gasteiger partial charge in [-0.25, -0.2) is 19.0 Å². The Bertz CT molecular complexity index is 2150. The van der Waals surface area contributed by atoms with Crippen molar-refractivity contribution in [1.82, 2.24) is 45.3 Å². The van der Waals surface area contributed by atoms with E-state index in [2.05, 4.69) is 40.8 Å². The van der Waals surface area contributed by atoms with E-state index in [-0.39, 0.29) is 29.7 Å². The number of H-pyrrole nitrogens is 1. The summed E-state index contributed by atoms with van der Waals surface area (Å²) in [6, 6.07) is 17.8. The van der Waals surface area contributed by atoms with Gasteiger partial charge in [0, 0.05) is 71.7 Å². The fourth-order valence-electron chi connectivity index (χ4n) is 7.42. The average molecular weight is 769 g/mol. The lowest BCUT2D eigenvalue weighted by Crippen LogP contribution is -2.56. The number of benzene rings is 3. The number of carbonyl (C=O) groups excluding carboxylic acids is 2. The number of hydrogen-bond acceptors (Lipinski definition) is 9. The molecule has 2 aliphatic heterocycles. The number of aromatic nitrogens is 6. The number of carbonyl (C=O) groups is 3. The largest absolute Gasteiger partial charge is 0.465 e. The number of hydrogen-bond donors (Lipinski definition) is 4. The van der Waals surface area contributed by atoms with Crippen LogP contribution in [0.2, 0.25) is 5.02 Å². The topological polar surface area (TPSA) is 183 Å². The quantitative estimate of drug-likeness (QED) is 0.132. The number of halogens is 2. The highest BCUT2D eigenvalue weighted by atomic mass is 35.5. The number of ether oxygens (including phenoxy) is 1. The summed E-state index contributed by atoms with van der Waals surface area (Å²) < 4.78 is 20.5. The van der Waals surface area contributed by atoms with Gasteiger partial charge < -0.3 is 25.0 Å². The van der Waals surface area contributed by atoms with Crippen LogP contribution >= 0.6 is 11.6 Å². The highest BCUT2D eigenvalue weighted by molar-refractivity contribution is 6.30. The summed E-state index contributed by atoms with van der Waals surface area (Å²) in [6.07, 6.45) is 6.66. The second-order valence-corrected chi connectivity index (χ2v) is 13.8. The summed E-state index contributed by atoms with van der Waals surface area (Å²) in [7, 11) is 1.29. The third-order valence-electron chi connectivity index (χ3n) is 10.1. The van der Waals surface area contributed by atoms with E-state index in [1.54, 1.807) is 59.6 Å². The number of amides is 3. The van der Waals surface area contributed by atoms with Gasteiger partial charge in [0.1, 0.15) is 18.0 Å². The Morgan fingerprint density at radius 3 is 2.51 bits per heavy atom. The van der Waals surface area contributed by atoms with Gasteiger partial charge in [0.2, 0.25) is 5.91 Å². The SMILES string of the molecule is COC(=O)Nc1ccc(-c2c[nH]c(C3C(c4ccc(F)cc4)CC(N4CCC(NC(=O)O)CC4)CN3C(=O)/C=C/c3cc(Cl)ccc3-n3cnnn3)n2)cc1. The summed E-state index contributed by atoms with van der Waals surface area (Å²) in [6.45, 7) is 1.62. The molecule has 0 bridgehead atoms. The van der Waals surface area contributed by atoms with Crippen molar-refractivity contribution < 1.29 is 28.6 Å². The monoisotopic (exact) mass is 768 g/mol. The van der Waals surface area contributed by atoms with Gasteiger partial charge in [0.25, 0.3) is 0 Å². The number of anilines is 1. The number of nitrogens with one attached hydrogen (secondary N) is 3. The minimum Gasteiger partial charge on any atom is -0.465 e. The number of nitrogens with zero attached hydrogens (tertiary/aromatic N) is 7. The summed E-state index contributed by atoms with van der Waals surface area (Å²) in [5.74, 6) is -0.423. The Morgan fingerprint density at radius 1 is 1.05 bits per heavy atom. The fourth-order valence-corrected chi connectivity index (χ4v) is 7.60. The molecular weight excluding hydrogens is 731 g/mol. The van der Waals surface area contributed by atoms with Gasteiger partial charge in [0.15, 0.2) is 0 Å². The highest BCUT2D eigenvalue weighted by Gasteiger charge is 2.43. The molecule has 2 saturated heterocycles. The minimum absolute atomic E-state index is 0.0957. The molecule has 284 valence electrons. The van der Waals surface area contributed by atoms with Gasteiger partial charge in [-0.2, -0.15) is 4.68 Å². The summed E-state index contributed by atoms with van der Waals surface area (Å²) >= 11 is 6.38. The minimum atomic E-state index is -1.05. The van der Waals surface area contributed by atoms with Crippen LogP contribution < -0.4 is 10.6 Å². The first-order chi connectivity index (χ1) is 26.6. The van der Waals surface area contributed by atoms with Crippen molar-refractivity contribution in [3.05, 3.63) is 113 Å². The van der Waals surface area contributed by atoms with Crippen molar-refractivity contribution in [2.24, 2.45) is 0 Å². The molecule has 4 heterocycles. The molecule has 4 N–H and O–H groups in total. The molecule has 3 unspecified atom stereocenters. The van der Waals surface area contributed by atoms with Gasteiger partial charge in [-0.1, -0.05) is 35.9 Å². The molecule has 0 aliphatic carbocycles. The van der Waals surface area contributed by atoms with Crippen LogP contribution in [0.15, 0.2) is 85.3 Å². The molecule has 3 amide bonds. The van der Waals surface area contributed by atoms with Crippen LogP contribution in [0, 0.1) is 5.82 Å². The predicted molar refractivity (Wildman–Crippen MR) is 201 cm³/mol. The Hall–Kier alpha value is -6.13. The molecule has 55 heavy (non-hydrogen) atoms. The molecular formula is C38H38ClFN10O5. The molecule has 7 rings (SSSR count). The summed E-state index contributed by atoms with van der Waals surface area (Å²) in [5, 5.41) is 26.5. The molecule has 2 aromatic heterocycles. The summed E-state index contributed by atoms with van der Waals surface area (Å²) in [5.41, 5.74) is 4.03. The average Bonchev–Trinajstić information content (AvgIpc) is 3.91. The lowest BCUT2D eigenvalue weighted by Gasteiger charge is -2.48. The molecule has 3 aromatic carbocycles. The van der Waals surface area contributed by atoms with Crippen LogP contribution in [-0.4, -0.2) is 102 Å². The number of carboxylic acid groups (broad SMARTS) is 1. The van der Waals surface area contributed by atoms with Crippen molar-refractivity contribution in [2.75, 3.05) is 32.1 Å². The number of piperidine rings is 2. The van der Waals surface area contributed by atoms with Gasteiger partial charge >= 0.3 is 12.2 Å². The Morgan fingerprint density at radius 2 is 1.82 bits per heavy atom. The molecule has 0 saturated carbocycles. The van der Waals surface area contributed by atoms with Gasteiger partial charge in [-0.15, -0.1) is 5.10 Å². The van der Waals surface area contributed by atoms with Gasteiger partial charge in [0.05, 0.1) is 24.5 Å². The van der Waals surface area contributed by atoms with Crippen molar-refractivity contribution in [3.8, 4) is 16.9 Å². The van der Waals surface area contributed by atoms with Crippen LogP contribution in [0.1, 0.15) is 48.2 Å². The third-order valence-corrected chi connectivity index (χ3v) is 10.3. The maximum absolute atomic E-state index is 14.6. The highest BCUT2D eigenvalue weighted by Crippen LogP contribution is 2.44. The van der Waals surface area contributed by atoms with E-state index in [9.17, 15) is 23.9 Å². The molecule has 2 aliphatic rings. The molecule has 2 fully saturated rings. The van der Waals surface area contributed by atoms with E-state index in [4.69, 9.17) is 16.6 Å². The lowest BCUT2D eigenvalue weighted by molar-refractivity contribution is -0.132. The number of aromatic amines is 1. The van der Waals surface area contributed by atoms with E-state index in [1.165, 1.54) is 36.3 Å². The number of imidazole rings is 1. The Labute approximate surface area is 320 Å². The number of tetrazole rings is 1. The molecule has 0 spiro atoms. The maximum atomic E-state index is 14.6. The van der Waals surface area contributed by atoms with Gasteiger partial charge in [-0.3, -0.25) is 15.0 Å². The molecule has 3 atom stereocenters. The van der Waals surface area contributed by atoms with Crippen LogP contribution in [0.5, 0.6) is 0 Å². The van der Waals surface area contributed by atoms with E-state index in [0.717, 1.165) is 11.1 Å². The fraction of sp³-hybridized carbons (Fsp3) is 0.289. The Kier molecular flexibility index (Phi) is 11.1. The zero-order valence-electron chi connectivity index (χ0n) is 29.7. The second-order valence-electron chi connectivity index (χ2n) is 13.4. The lowest BCUT2D eigenvalue weighted by atomic mass is 9.80. The predicted octanol–water partition coefficient (Wildman–Crippen LogP) is 5.89. The number of methoxy groups -OCH3 is 1. The van der Waals surface area contributed by atoms with E-state index >= 15 is 0 Å². The first kappa shape index (κ1) is 37.2. The van der Waals surface area contributed by atoms with Crippen molar-refractivity contribution >= 4 is 41.5 Å². The van der Waals surface area contributed by atoms with Crippen LogP contribution in [0.25, 0.3) is 23.0 Å². The van der Waals surface area contributed by atoms with E-state index in [1.807, 2.05) is 12.1 Å². The standard InChI is InChI=1S/C38H38ClFN10O5/c1-55-38(54)44-28-10-4-24(5-11-28)32-20-41-36(45-32)35-31(23-2-8-27(40)9-3-23)19-30(48-16-14-29(15-17-48)43-37(52)53)21-49(35)34(51)13-6-25-18-26(39)7-12-33(25)50-22-42-46-47-50/h2-13,18,20,22,29-31,35,43H,14-17,19,21H2,1H3,(H,41,45)(H,44,54)(H,52,53)/b13-6+. The van der Waals surface area contributed by atoms with Crippen LogP contribution in [0.3, 0.4) is 0 Å². The third kappa shape index (κ3) is 8.66. The summed E-state index contributed by atoms with van der Waals surface area (Å²) in [4.78, 5) is 50.1. The van der Waals surface area contributed by atoms with E-state index < -0.39 is 18.2 Å². The first-order valence-corrected chi connectivity index (χ1v) is 18.0. The van der Waals surface area contributed by atoms with Gasteiger partial charge in [-0.05, 0) is 83.8 Å². The molecule has 17 heteroatoms.